The van der Waals surface area contributed by atoms with Crippen molar-refractivity contribution in [2.75, 3.05) is 23.9 Å². The number of benzene rings is 1. The van der Waals surface area contributed by atoms with Gasteiger partial charge in [-0.15, -0.1) is 11.3 Å². The number of carbonyl (C=O) groups is 1. The Kier molecular flexibility index (Phi) is 5.69. The summed E-state index contributed by atoms with van der Waals surface area (Å²) in [4.78, 5) is 14.2. The number of rotatable bonds is 6. The minimum absolute atomic E-state index is 0.222. The van der Waals surface area contributed by atoms with Crippen LogP contribution < -0.4 is 10.6 Å². The van der Waals surface area contributed by atoms with Crippen molar-refractivity contribution >= 4 is 39.6 Å². The lowest BCUT2D eigenvalue weighted by Crippen LogP contribution is -2.28. The number of halogens is 1. The molecule has 0 aliphatic rings. The second kappa shape index (κ2) is 7.51. The van der Waals surface area contributed by atoms with Crippen LogP contribution in [0.5, 0.6) is 0 Å². The van der Waals surface area contributed by atoms with Gasteiger partial charge in [-0.3, -0.25) is 4.79 Å². The molecule has 2 aromatic rings. The first-order chi connectivity index (χ1) is 10.5. The van der Waals surface area contributed by atoms with Crippen LogP contribution in [0.4, 0.5) is 10.7 Å². The van der Waals surface area contributed by atoms with Crippen molar-refractivity contribution in [3.63, 3.8) is 0 Å². The average molecular weight is 339 g/mol. The molecule has 0 bridgehead atoms. The fourth-order valence-corrected chi connectivity index (χ4v) is 3.13. The third-order valence-corrected chi connectivity index (χ3v) is 4.81. The van der Waals surface area contributed by atoms with Gasteiger partial charge >= 0.3 is 5.97 Å². The number of hydrogen-bond donors (Lipinski definition) is 1. The highest BCUT2D eigenvalue weighted by molar-refractivity contribution is 7.14. The van der Waals surface area contributed by atoms with Crippen molar-refractivity contribution < 1.29 is 9.53 Å². The largest absolute Gasteiger partial charge is 0.444 e. The van der Waals surface area contributed by atoms with Crippen LogP contribution in [-0.2, 0) is 9.53 Å². The summed E-state index contributed by atoms with van der Waals surface area (Å²) in [6.45, 7) is 4.78. The summed E-state index contributed by atoms with van der Waals surface area (Å²) in [5.41, 5.74) is 6.93. The molecule has 22 heavy (non-hydrogen) atoms. The first kappa shape index (κ1) is 16.6. The van der Waals surface area contributed by atoms with Crippen LogP contribution in [-0.4, -0.2) is 19.2 Å². The van der Waals surface area contributed by atoms with Gasteiger partial charge in [0.05, 0.1) is 21.6 Å². The van der Waals surface area contributed by atoms with Gasteiger partial charge in [0.15, 0.2) is 6.73 Å². The Bertz CT molecular complexity index is 631. The number of thiophene rings is 1. The van der Waals surface area contributed by atoms with Crippen molar-refractivity contribution in [1.29, 1.82) is 0 Å². The van der Waals surface area contributed by atoms with Crippen LogP contribution >= 0.6 is 22.9 Å². The van der Waals surface area contributed by atoms with Crippen LogP contribution in [0.25, 0.3) is 0 Å². The van der Waals surface area contributed by atoms with Gasteiger partial charge in [0.1, 0.15) is 0 Å². The summed E-state index contributed by atoms with van der Waals surface area (Å²) in [7, 11) is 0. The first-order valence-electron chi connectivity index (χ1n) is 7.03. The Hall–Kier alpha value is -1.72. The highest BCUT2D eigenvalue weighted by atomic mass is 35.5. The van der Waals surface area contributed by atoms with Crippen molar-refractivity contribution in [2.24, 2.45) is 0 Å². The highest BCUT2D eigenvalue weighted by Gasteiger charge is 2.21. The van der Waals surface area contributed by atoms with E-state index in [2.05, 4.69) is 0 Å². The number of nitrogens with two attached hydrogens (primary N) is 1. The van der Waals surface area contributed by atoms with Crippen molar-refractivity contribution in [2.45, 2.75) is 19.8 Å². The molecule has 0 amide bonds. The summed E-state index contributed by atoms with van der Waals surface area (Å²) >= 11 is 7.78. The minimum Gasteiger partial charge on any atom is -0.444 e. The minimum atomic E-state index is -0.460. The van der Waals surface area contributed by atoms with E-state index in [0.717, 1.165) is 11.5 Å². The van der Waals surface area contributed by atoms with E-state index in [1.54, 1.807) is 36.5 Å². The third-order valence-electron chi connectivity index (χ3n) is 3.44. The van der Waals surface area contributed by atoms with E-state index in [4.69, 9.17) is 22.1 Å². The molecule has 1 atom stereocenters. The SMILES string of the molecule is CCN(COC(=O)C(C)c1cccc(N)c1Cl)c1cccs1. The van der Waals surface area contributed by atoms with Gasteiger partial charge in [-0.25, -0.2) is 0 Å². The quantitative estimate of drug-likeness (QED) is 0.489. The van der Waals surface area contributed by atoms with E-state index in [9.17, 15) is 4.79 Å². The number of nitrogen functional groups attached to an aromatic ring is 1. The summed E-state index contributed by atoms with van der Waals surface area (Å²) in [5.74, 6) is -0.777. The zero-order valence-electron chi connectivity index (χ0n) is 12.6. The lowest BCUT2D eigenvalue weighted by Gasteiger charge is -2.22. The molecule has 0 aliphatic heterocycles. The maximum Gasteiger partial charge on any atom is 0.314 e. The van der Waals surface area contributed by atoms with Gasteiger partial charge in [0, 0.05) is 6.54 Å². The Morgan fingerprint density at radius 3 is 2.82 bits per heavy atom. The predicted molar refractivity (Wildman–Crippen MR) is 92.6 cm³/mol. The smallest absolute Gasteiger partial charge is 0.314 e. The van der Waals surface area contributed by atoms with Crippen molar-refractivity contribution in [1.82, 2.24) is 0 Å². The fraction of sp³-hybridized carbons (Fsp3) is 0.312. The lowest BCUT2D eigenvalue weighted by atomic mass is 10.0. The van der Waals surface area contributed by atoms with E-state index in [0.29, 0.717) is 16.3 Å². The molecule has 0 saturated carbocycles. The molecule has 118 valence electrons. The predicted octanol–water partition coefficient (Wildman–Crippen LogP) is 4.11. The van der Waals surface area contributed by atoms with Crippen molar-refractivity contribution in [3.8, 4) is 0 Å². The van der Waals surface area contributed by atoms with Gasteiger partial charge < -0.3 is 15.4 Å². The normalized spacial score (nSPS) is 12.0. The topological polar surface area (TPSA) is 55.6 Å². The third kappa shape index (κ3) is 3.72. The monoisotopic (exact) mass is 338 g/mol. The van der Waals surface area contributed by atoms with Gasteiger partial charge in [0.25, 0.3) is 0 Å². The number of anilines is 2. The second-order valence-corrected chi connectivity index (χ2v) is 6.18. The zero-order valence-corrected chi connectivity index (χ0v) is 14.2. The second-order valence-electron chi connectivity index (χ2n) is 4.87. The summed E-state index contributed by atoms with van der Waals surface area (Å²) in [6, 6.07) is 9.26. The van der Waals surface area contributed by atoms with Crippen LogP contribution in [0.15, 0.2) is 35.7 Å². The van der Waals surface area contributed by atoms with Crippen molar-refractivity contribution in [3.05, 3.63) is 46.3 Å². The fourth-order valence-electron chi connectivity index (χ4n) is 2.06. The maximum atomic E-state index is 12.3. The Morgan fingerprint density at radius 2 is 2.18 bits per heavy atom. The average Bonchev–Trinajstić information content (AvgIpc) is 3.04. The van der Waals surface area contributed by atoms with E-state index >= 15 is 0 Å². The van der Waals surface area contributed by atoms with Crippen LogP contribution in [0.1, 0.15) is 25.3 Å². The molecule has 0 radical (unpaired) electrons. The number of esters is 1. The molecule has 0 spiro atoms. The maximum absolute atomic E-state index is 12.3. The van der Waals surface area contributed by atoms with Gasteiger partial charge in [-0.2, -0.15) is 0 Å². The molecular formula is C16H19ClN2O2S. The number of hydrogen-bond acceptors (Lipinski definition) is 5. The van der Waals surface area contributed by atoms with E-state index in [1.165, 1.54) is 0 Å². The summed E-state index contributed by atoms with van der Waals surface area (Å²) in [6.07, 6.45) is 0. The molecule has 0 saturated heterocycles. The van der Waals surface area contributed by atoms with Crippen LogP contribution in [0.2, 0.25) is 5.02 Å². The summed E-state index contributed by atoms with van der Waals surface area (Å²) < 4.78 is 5.42. The molecular weight excluding hydrogens is 320 g/mol. The van der Waals surface area contributed by atoms with E-state index in [-0.39, 0.29) is 12.7 Å². The molecule has 1 heterocycles. The molecule has 0 aliphatic carbocycles. The molecule has 2 N–H and O–H groups in total. The van der Waals surface area contributed by atoms with Gasteiger partial charge in [-0.05, 0) is 43.0 Å². The summed E-state index contributed by atoms with van der Waals surface area (Å²) in [5, 5.41) is 3.48. The Balaban J connectivity index is 2.01. The van der Waals surface area contributed by atoms with Gasteiger partial charge in [0.2, 0.25) is 0 Å². The Morgan fingerprint density at radius 1 is 1.41 bits per heavy atom. The molecule has 6 heteroatoms. The molecule has 4 nitrogen and oxygen atoms in total. The van der Waals surface area contributed by atoms with E-state index in [1.807, 2.05) is 29.3 Å². The molecule has 2 rings (SSSR count). The highest BCUT2D eigenvalue weighted by Crippen LogP contribution is 2.30. The van der Waals surface area contributed by atoms with Crippen LogP contribution in [0.3, 0.4) is 0 Å². The number of nitrogens with zero attached hydrogens (tertiary/aromatic N) is 1. The van der Waals surface area contributed by atoms with Gasteiger partial charge in [-0.1, -0.05) is 23.7 Å². The van der Waals surface area contributed by atoms with Crippen LogP contribution in [0, 0.1) is 0 Å². The first-order valence-corrected chi connectivity index (χ1v) is 8.29. The zero-order chi connectivity index (χ0) is 16.1. The lowest BCUT2D eigenvalue weighted by molar-refractivity contribution is -0.145. The van der Waals surface area contributed by atoms with E-state index < -0.39 is 5.92 Å². The Labute approximate surface area is 139 Å². The number of ether oxygens (including phenoxy) is 1. The molecule has 0 fully saturated rings. The molecule has 1 aromatic carbocycles. The molecule has 1 unspecified atom stereocenters. The molecule has 1 aromatic heterocycles. The standard InChI is InChI=1S/C16H19ClN2O2S/c1-3-19(14-8-5-9-22-14)10-21-16(20)11(2)12-6-4-7-13(18)15(12)17/h4-9,11H,3,10,18H2,1-2H3. The number of carbonyl (C=O) groups excluding carboxylic acids is 1.